The van der Waals surface area contributed by atoms with Gasteiger partial charge in [-0.15, -0.1) is 13.2 Å². The Bertz CT molecular complexity index is 2360. The number of H-pyrrole nitrogens is 3. The average Bonchev–Trinajstić information content (AvgIpc) is 3.70. The Morgan fingerprint density at radius 1 is 0.673 bits per heavy atom. The van der Waals surface area contributed by atoms with Crippen molar-refractivity contribution in [2.75, 3.05) is 11.1 Å². The molecule has 0 atom stereocenters. The van der Waals surface area contributed by atoms with Crippen LogP contribution < -0.4 is 51.4 Å². The number of carbonyl (C=O) groups is 4. The van der Waals surface area contributed by atoms with Gasteiger partial charge in [-0.2, -0.15) is 0 Å². The van der Waals surface area contributed by atoms with Crippen LogP contribution in [-0.2, 0) is 0 Å². The molecular formula is C36H26BrKN4O5S2. The summed E-state index contributed by atoms with van der Waals surface area (Å²) < 4.78 is 0.438. The molecule has 0 aliphatic heterocycles. The summed E-state index contributed by atoms with van der Waals surface area (Å²) in [5.41, 5.74) is 6.09. The predicted molar refractivity (Wildman–Crippen MR) is 193 cm³/mol. The number of hydrogen-bond acceptors (Lipinski definition) is 8. The largest absolute Gasteiger partial charge is 1.00 e. The van der Waals surface area contributed by atoms with E-state index in [1.54, 1.807) is 84.9 Å². The van der Waals surface area contributed by atoms with Gasteiger partial charge in [0.25, 0.3) is 0 Å². The van der Waals surface area contributed by atoms with Crippen LogP contribution in [0.4, 0.5) is 0 Å². The van der Waals surface area contributed by atoms with E-state index in [1.165, 1.54) is 11.8 Å². The predicted octanol–water partition coefficient (Wildman–Crippen LogP) is 5.01. The zero-order valence-corrected chi connectivity index (χ0v) is 32.5. The summed E-state index contributed by atoms with van der Waals surface area (Å²) in [4.78, 5) is 64.3. The molecule has 0 saturated heterocycles. The minimum Gasteiger partial charge on any atom is -0.870 e. The van der Waals surface area contributed by atoms with Gasteiger partial charge in [0, 0.05) is 44.5 Å². The first-order chi connectivity index (χ1) is 22.8. The van der Waals surface area contributed by atoms with E-state index in [1.807, 2.05) is 0 Å². The molecule has 4 N–H and O–H groups in total. The summed E-state index contributed by atoms with van der Waals surface area (Å²) in [5, 5.41) is 1.61. The number of ketones is 4. The van der Waals surface area contributed by atoms with Gasteiger partial charge in [0.15, 0.2) is 33.1 Å². The molecule has 0 spiro atoms. The second kappa shape index (κ2) is 16.6. The van der Waals surface area contributed by atoms with Crippen LogP contribution in [0.5, 0.6) is 0 Å². The maximum absolute atomic E-state index is 12.9. The van der Waals surface area contributed by atoms with E-state index in [0.717, 1.165) is 22.1 Å². The van der Waals surface area contributed by atoms with Crippen molar-refractivity contribution >= 4 is 85.1 Å². The number of imidazole rings is 2. The molecule has 0 saturated carbocycles. The number of alkyl halides is 1. The number of fused-ring (bicyclic) bond motifs is 8. The molecule has 6 aromatic rings. The zero-order chi connectivity index (χ0) is 33.2. The van der Waals surface area contributed by atoms with Gasteiger partial charge in [-0.05, 0) is 36.5 Å². The van der Waals surface area contributed by atoms with Gasteiger partial charge in [-0.3, -0.25) is 19.2 Å². The third kappa shape index (κ3) is 7.27. The number of benzene rings is 4. The number of aromatic amines is 3. The van der Waals surface area contributed by atoms with Crippen LogP contribution in [0.1, 0.15) is 63.7 Å². The first kappa shape index (κ1) is 38.4. The quantitative estimate of drug-likeness (QED) is 0.0740. The molecule has 0 amide bonds. The molecule has 240 valence electrons. The molecule has 2 heterocycles. The first-order valence-electron chi connectivity index (χ1n) is 14.3. The number of carbonyl (C=O) groups excluding carboxylic acids is 4. The van der Waals surface area contributed by atoms with Gasteiger partial charge >= 0.3 is 51.4 Å². The van der Waals surface area contributed by atoms with Crippen molar-refractivity contribution in [1.82, 2.24) is 19.9 Å². The van der Waals surface area contributed by atoms with E-state index in [4.69, 9.17) is 12.2 Å². The molecule has 0 unspecified atom stereocenters. The molecule has 49 heavy (non-hydrogen) atoms. The number of halogens is 1. The summed E-state index contributed by atoms with van der Waals surface area (Å²) in [5.74, 6) is 0.175. The third-order valence-corrected chi connectivity index (χ3v) is 9.08. The van der Waals surface area contributed by atoms with Gasteiger partial charge in [0.05, 0.1) is 27.7 Å². The monoisotopic (exact) mass is 776 g/mol. The van der Waals surface area contributed by atoms with Crippen LogP contribution in [0.25, 0.3) is 22.1 Å². The van der Waals surface area contributed by atoms with E-state index in [9.17, 15) is 19.2 Å². The molecule has 0 radical (unpaired) electrons. The molecule has 13 heteroatoms. The Kier molecular flexibility index (Phi) is 13.0. The fourth-order valence-electron chi connectivity index (χ4n) is 5.52. The summed E-state index contributed by atoms with van der Waals surface area (Å²) >= 11 is 9.69. The SMILES string of the molecule is C=CCBr.C=CCSc1nc2c3c(ccc2[nH]1)C(=O)c1ccccc1C3=O.O=C1c2ccccc2C(=O)c2c1ccc1[nH]c(=S)[nH]c21.[K+].[OH-]. The van der Waals surface area contributed by atoms with E-state index in [-0.39, 0.29) is 80.0 Å². The van der Waals surface area contributed by atoms with Crippen molar-refractivity contribution in [2.24, 2.45) is 0 Å². The summed E-state index contributed by atoms with van der Waals surface area (Å²) in [6.45, 7) is 7.12. The summed E-state index contributed by atoms with van der Waals surface area (Å²) in [7, 11) is 0. The first-order valence-corrected chi connectivity index (χ1v) is 16.9. The molecular weight excluding hydrogens is 752 g/mol. The van der Waals surface area contributed by atoms with Crippen LogP contribution in [-0.4, -0.2) is 59.6 Å². The number of rotatable bonds is 4. The number of allylic oxidation sites excluding steroid dienone is 1. The van der Waals surface area contributed by atoms with Gasteiger partial charge < -0.3 is 20.4 Å². The normalized spacial score (nSPS) is 12.1. The number of hydrogen-bond donors (Lipinski definition) is 3. The van der Waals surface area contributed by atoms with Gasteiger partial charge in [0.2, 0.25) is 0 Å². The number of nitrogens with one attached hydrogen (secondary N) is 3. The Labute approximate surface area is 340 Å². The van der Waals surface area contributed by atoms with Crippen molar-refractivity contribution < 1.29 is 76.0 Å². The minimum absolute atomic E-state index is 0. The molecule has 4 aromatic carbocycles. The van der Waals surface area contributed by atoms with Crippen LogP contribution in [0, 0.1) is 4.77 Å². The van der Waals surface area contributed by atoms with Crippen molar-refractivity contribution in [3.05, 3.63) is 147 Å². The fraction of sp³-hybridized carbons (Fsp3) is 0.0556. The number of nitrogens with zero attached hydrogens (tertiary/aromatic N) is 1. The standard InChI is InChI=1S/C18H12N2O2S.C15H8N2O2S.C3H5Br.K.H2O/c1-2-9-23-18-19-13-8-7-12-14(15(13)20-18)17(22)11-6-4-3-5-10(11)16(12)21;18-13-7-3-1-2-4-8(7)14(19)11-9(13)5-6-10-12(11)17-15(20)16-10;1-2-3-4;;/h2-8H,1,9H2,(H,19,20);1-6H,(H2,16,17,20);2H,1,3H2;;1H2/q;;;+1;/p-1. The van der Waals surface area contributed by atoms with Crippen molar-refractivity contribution in [1.29, 1.82) is 0 Å². The molecule has 0 bridgehead atoms. The zero-order valence-electron chi connectivity index (χ0n) is 26.1. The van der Waals surface area contributed by atoms with Crippen molar-refractivity contribution in [3.63, 3.8) is 0 Å². The van der Waals surface area contributed by atoms with Crippen molar-refractivity contribution in [3.8, 4) is 0 Å². The maximum Gasteiger partial charge on any atom is 1.00 e. The van der Waals surface area contributed by atoms with Crippen LogP contribution in [0.3, 0.4) is 0 Å². The van der Waals surface area contributed by atoms with Gasteiger partial charge in [0.1, 0.15) is 5.52 Å². The van der Waals surface area contributed by atoms with Crippen molar-refractivity contribution in [2.45, 2.75) is 5.16 Å². The topological polar surface area (TPSA) is 159 Å². The van der Waals surface area contributed by atoms with E-state index in [2.05, 4.69) is 49.0 Å². The summed E-state index contributed by atoms with van der Waals surface area (Å²) in [6, 6.07) is 20.7. The number of aromatic nitrogens is 4. The smallest absolute Gasteiger partial charge is 0.870 e. The molecule has 2 aromatic heterocycles. The Balaban J connectivity index is 0.000000193. The van der Waals surface area contributed by atoms with E-state index >= 15 is 0 Å². The minimum atomic E-state index is -0.147. The second-order valence-electron chi connectivity index (χ2n) is 10.4. The van der Waals surface area contributed by atoms with Crippen LogP contribution in [0.15, 0.2) is 103 Å². The second-order valence-corrected chi connectivity index (χ2v) is 12.4. The summed E-state index contributed by atoms with van der Waals surface area (Å²) in [6.07, 6.45) is 3.58. The molecule has 9 nitrogen and oxygen atoms in total. The Hall–Kier alpha value is -3.37. The molecule has 2 aliphatic rings. The van der Waals surface area contributed by atoms with Gasteiger partial charge in [-0.25, -0.2) is 4.98 Å². The molecule has 2 aliphatic carbocycles. The number of thioether (sulfide) groups is 1. The van der Waals surface area contributed by atoms with Gasteiger partial charge in [-0.1, -0.05) is 88.4 Å². The Morgan fingerprint density at radius 2 is 1.16 bits per heavy atom. The van der Waals surface area contributed by atoms with Crippen LogP contribution >= 0.6 is 39.9 Å². The van der Waals surface area contributed by atoms with E-state index < -0.39 is 0 Å². The van der Waals surface area contributed by atoms with Crippen LogP contribution in [0.2, 0.25) is 0 Å². The maximum atomic E-state index is 12.9. The fourth-order valence-corrected chi connectivity index (χ4v) is 6.35. The molecule has 8 rings (SSSR count). The van der Waals surface area contributed by atoms with E-state index in [0.29, 0.717) is 65.5 Å². The average molecular weight is 778 g/mol. The molecule has 0 fully saturated rings. The Morgan fingerprint density at radius 3 is 1.69 bits per heavy atom. The third-order valence-electron chi connectivity index (χ3n) is 7.55.